The van der Waals surface area contributed by atoms with Crippen molar-refractivity contribution in [1.29, 1.82) is 0 Å². The van der Waals surface area contributed by atoms with Crippen LogP contribution in [0.2, 0.25) is 0 Å². The first kappa shape index (κ1) is 22.4. The summed E-state index contributed by atoms with van der Waals surface area (Å²) in [5.74, 6) is -1.98. The summed E-state index contributed by atoms with van der Waals surface area (Å²) in [4.78, 5) is 20.5. The molecule has 0 amide bonds. The molecule has 0 aromatic rings. The molecule has 0 atom stereocenters. The summed E-state index contributed by atoms with van der Waals surface area (Å²) in [7, 11) is 0. The second-order valence-corrected chi connectivity index (χ2v) is 5.31. The minimum atomic E-state index is -0.852. The number of carbonyl (C=O) groups excluding carboxylic acids is 2. The fraction of sp³-hybridized carbons (Fsp3) is 0.857. The Hall–Kier alpha value is 0.100. The zero-order valence-electron chi connectivity index (χ0n) is 11.8. The smallest absolute Gasteiger partial charge is 1.00 e. The normalized spacial score (nSPS) is 19.6. The van der Waals surface area contributed by atoms with Crippen molar-refractivity contribution in [3.63, 3.8) is 0 Å². The van der Waals surface area contributed by atoms with Gasteiger partial charge in [-0.05, 0) is 37.5 Å². The maximum Gasteiger partial charge on any atom is 3.00 e. The number of aliphatic carboxylic acids is 2. The molecule has 0 spiro atoms. The Morgan fingerprint density at radius 3 is 1.05 bits per heavy atom. The second-order valence-electron chi connectivity index (χ2n) is 5.31. The molecular formula is C14H22ClInO4. The summed E-state index contributed by atoms with van der Waals surface area (Å²) in [5, 5.41) is 20.5. The van der Waals surface area contributed by atoms with E-state index in [9.17, 15) is 19.8 Å². The molecule has 0 heterocycles. The Morgan fingerprint density at radius 1 is 0.650 bits per heavy atom. The minimum Gasteiger partial charge on any atom is -1.00 e. The van der Waals surface area contributed by atoms with Gasteiger partial charge in [-0.2, -0.15) is 0 Å². The monoisotopic (exact) mass is 404 g/mol. The molecule has 0 unspecified atom stereocenters. The van der Waals surface area contributed by atoms with Crippen molar-refractivity contribution >= 4 is 37.8 Å². The number of hydrogen-bond donors (Lipinski definition) is 0. The van der Waals surface area contributed by atoms with Crippen molar-refractivity contribution in [3.8, 4) is 0 Å². The molecule has 112 valence electrons. The van der Waals surface area contributed by atoms with Crippen molar-refractivity contribution in [2.75, 3.05) is 0 Å². The van der Waals surface area contributed by atoms with Gasteiger partial charge in [0.2, 0.25) is 0 Å². The number of rotatable bonds is 2. The molecule has 2 aliphatic rings. The van der Waals surface area contributed by atoms with Crippen LogP contribution in [0.5, 0.6) is 0 Å². The quantitative estimate of drug-likeness (QED) is 0.500. The van der Waals surface area contributed by atoms with E-state index in [1.54, 1.807) is 0 Å². The SMILES string of the molecule is O=C([O-])C1CCCCC1.O=C([O-])C1CCCCC1.[Cl-].[In+3]. The predicted molar refractivity (Wildman–Crippen MR) is 68.9 cm³/mol. The van der Waals surface area contributed by atoms with Gasteiger partial charge in [-0.15, -0.1) is 0 Å². The summed E-state index contributed by atoms with van der Waals surface area (Å²) >= 11 is 0. The molecule has 6 heteroatoms. The van der Waals surface area contributed by atoms with Crippen LogP contribution in [0.25, 0.3) is 0 Å². The molecule has 2 fully saturated rings. The number of carbonyl (C=O) groups is 2. The van der Waals surface area contributed by atoms with Crippen molar-refractivity contribution in [3.05, 3.63) is 0 Å². The van der Waals surface area contributed by atoms with E-state index in [-0.39, 0.29) is 50.1 Å². The second kappa shape index (κ2) is 12.8. The molecule has 4 nitrogen and oxygen atoms in total. The molecule has 20 heavy (non-hydrogen) atoms. The van der Waals surface area contributed by atoms with E-state index in [0.29, 0.717) is 0 Å². The van der Waals surface area contributed by atoms with Gasteiger partial charge in [0, 0.05) is 11.9 Å². The fourth-order valence-corrected chi connectivity index (χ4v) is 2.68. The average Bonchev–Trinajstić information content (AvgIpc) is 2.41. The maximum absolute atomic E-state index is 10.2. The van der Waals surface area contributed by atoms with Crippen molar-refractivity contribution < 1.29 is 32.2 Å². The van der Waals surface area contributed by atoms with Gasteiger partial charge in [-0.25, -0.2) is 0 Å². The van der Waals surface area contributed by atoms with E-state index in [4.69, 9.17) is 0 Å². The molecular weight excluding hydrogens is 382 g/mol. The maximum atomic E-state index is 10.2. The van der Waals surface area contributed by atoms with Gasteiger partial charge < -0.3 is 32.2 Å². The Balaban J connectivity index is 0. The first-order valence-corrected chi connectivity index (χ1v) is 7.03. The van der Waals surface area contributed by atoms with Gasteiger partial charge in [0.15, 0.2) is 0 Å². The molecule has 2 saturated carbocycles. The van der Waals surface area contributed by atoms with Crippen molar-refractivity contribution in [2.45, 2.75) is 64.2 Å². The van der Waals surface area contributed by atoms with Crippen LogP contribution in [-0.4, -0.2) is 37.8 Å². The summed E-state index contributed by atoms with van der Waals surface area (Å²) in [6, 6.07) is 0. The molecule has 0 bridgehead atoms. The van der Waals surface area contributed by atoms with Gasteiger partial charge >= 0.3 is 25.8 Å². The Bertz CT molecular complexity index is 246. The Morgan fingerprint density at radius 2 is 0.900 bits per heavy atom. The van der Waals surface area contributed by atoms with Crippen LogP contribution in [0, 0.1) is 11.8 Å². The first-order chi connectivity index (χ1) is 8.61. The summed E-state index contributed by atoms with van der Waals surface area (Å²) in [6.07, 6.45) is 10.0. The molecule has 0 aromatic heterocycles. The number of hydrogen-bond acceptors (Lipinski definition) is 4. The number of halogens is 1. The van der Waals surface area contributed by atoms with Gasteiger partial charge in [0.25, 0.3) is 0 Å². The zero-order valence-corrected chi connectivity index (χ0v) is 15.9. The fourth-order valence-electron chi connectivity index (χ4n) is 2.68. The Labute approximate surface area is 145 Å². The third-order valence-electron chi connectivity index (χ3n) is 3.88. The summed E-state index contributed by atoms with van der Waals surface area (Å²) < 4.78 is 0. The first-order valence-electron chi connectivity index (χ1n) is 7.03. The van der Waals surface area contributed by atoms with E-state index in [1.165, 1.54) is 12.8 Å². The molecule has 0 saturated heterocycles. The van der Waals surface area contributed by atoms with E-state index in [2.05, 4.69) is 0 Å². The van der Waals surface area contributed by atoms with E-state index in [1.807, 2.05) is 0 Å². The van der Waals surface area contributed by atoms with Gasteiger partial charge in [0.1, 0.15) is 0 Å². The van der Waals surface area contributed by atoms with Crippen LogP contribution in [0.15, 0.2) is 0 Å². The largest absolute Gasteiger partial charge is 3.00 e. The van der Waals surface area contributed by atoms with Gasteiger partial charge in [-0.3, -0.25) is 0 Å². The van der Waals surface area contributed by atoms with Crippen LogP contribution >= 0.6 is 0 Å². The van der Waals surface area contributed by atoms with Crippen LogP contribution in [0.3, 0.4) is 0 Å². The van der Waals surface area contributed by atoms with E-state index < -0.39 is 11.9 Å². The van der Waals surface area contributed by atoms with Crippen LogP contribution < -0.4 is 22.6 Å². The van der Waals surface area contributed by atoms with Crippen LogP contribution in [0.1, 0.15) is 64.2 Å². The van der Waals surface area contributed by atoms with E-state index >= 15 is 0 Å². The number of carboxylic acids is 2. The third-order valence-corrected chi connectivity index (χ3v) is 3.88. The van der Waals surface area contributed by atoms with Crippen molar-refractivity contribution in [2.24, 2.45) is 11.8 Å². The average molecular weight is 405 g/mol. The van der Waals surface area contributed by atoms with Crippen LogP contribution in [0.4, 0.5) is 0 Å². The van der Waals surface area contributed by atoms with Crippen LogP contribution in [-0.2, 0) is 9.59 Å². The zero-order chi connectivity index (χ0) is 13.4. The number of carboxylic acid groups (broad SMARTS) is 2. The summed E-state index contributed by atoms with van der Waals surface area (Å²) in [6.45, 7) is 0. The topological polar surface area (TPSA) is 80.3 Å². The third kappa shape index (κ3) is 9.11. The van der Waals surface area contributed by atoms with Gasteiger partial charge in [0.05, 0.1) is 0 Å². The minimum absolute atomic E-state index is 0. The molecule has 2 rings (SSSR count). The molecule has 0 aromatic carbocycles. The molecule has 0 radical (unpaired) electrons. The van der Waals surface area contributed by atoms with E-state index in [0.717, 1.165) is 51.4 Å². The Kier molecular flexibility index (Phi) is 14.3. The van der Waals surface area contributed by atoms with Gasteiger partial charge in [-0.1, -0.05) is 38.5 Å². The molecule has 2 aliphatic carbocycles. The standard InChI is InChI=1S/2C7H12O2.ClH.In/c2*8-7(9)6-4-2-1-3-5-6;;/h2*6H,1-5H2,(H,8,9);1H;/q;;;+3/p-3. The van der Waals surface area contributed by atoms with Crippen molar-refractivity contribution in [1.82, 2.24) is 0 Å². The molecule has 0 N–H and O–H groups in total. The molecule has 0 aliphatic heterocycles. The predicted octanol–water partition coefficient (Wildman–Crippen LogP) is -2.74. The summed E-state index contributed by atoms with van der Waals surface area (Å²) in [5.41, 5.74) is 0.